The molecule has 7 nitrogen and oxygen atoms in total. The lowest BCUT2D eigenvalue weighted by molar-refractivity contribution is 0.394. The fourth-order valence-corrected chi connectivity index (χ4v) is 3.61. The number of aryl methyl sites for hydroxylation is 1. The van der Waals surface area contributed by atoms with Gasteiger partial charge in [0.05, 0.1) is 43.3 Å². The lowest BCUT2D eigenvalue weighted by Gasteiger charge is -2.31. The first-order valence-corrected chi connectivity index (χ1v) is 10.3. The van der Waals surface area contributed by atoms with E-state index in [2.05, 4.69) is 41.0 Å². The number of ether oxygens (including phenoxy) is 2. The number of aromatic nitrogens is 4. The third-order valence-electron chi connectivity index (χ3n) is 5.45. The first kappa shape index (κ1) is 20.7. The van der Waals surface area contributed by atoms with Gasteiger partial charge in [0.25, 0.3) is 0 Å². The fraction of sp³-hybridized carbons (Fsp3) is 0.292. The Morgan fingerprint density at radius 1 is 0.968 bits per heavy atom. The molecule has 7 heteroatoms. The van der Waals surface area contributed by atoms with Crippen molar-refractivity contribution < 1.29 is 9.47 Å². The number of benzene rings is 2. The summed E-state index contributed by atoms with van der Waals surface area (Å²) in [7, 11) is 5.22. The molecule has 2 aromatic heterocycles. The van der Waals surface area contributed by atoms with Crippen LogP contribution in [-0.2, 0) is 7.05 Å². The molecule has 0 aliphatic heterocycles. The number of hydrogen-bond acceptors (Lipinski definition) is 6. The van der Waals surface area contributed by atoms with Crippen molar-refractivity contribution in [2.24, 2.45) is 7.05 Å². The van der Waals surface area contributed by atoms with Gasteiger partial charge in [-0.1, -0.05) is 6.92 Å². The summed E-state index contributed by atoms with van der Waals surface area (Å²) >= 11 is 0. The monoisotopic (exact) mass is 417 g/mol. The topological polar surface area (TPSA) is 65.3 Å². The van der Waals surface area contributed by atoms with Gasteiger partial charge >= 0.3 is 0 Å². The largest absolute Gasteiger partial charge is 0.497 e. The van der Waals surface area contributed by atoms with Crippen LogP contribution in [0.1, 0.15) is 20.3 Å². The van der Waals surface area contributed by atoms with Gasteiger partial charge in [0.1, 0.15) is 11.5 Å². The first-order valence-electron chi connectivity index (χ1n) is 10.3. The Hall–Kier alpha value is -3.61. The van der Waals surface area contributed by atoms with Crippen molar-refractivity contribution in [2.75, 3.05) is 19.1 Å². The summed E-state index contributed by atoms with van der Waals surface area (Å²) < 4.78 is 12.8. The molecule has 0 spiro atoms. The molecular formula is C24H27N5O2. The van der Waals surface area contributed by atoms with Crippen molar-refractivity contribution in [2.45, 2.75) is 26.3 Å². The molecule has 4 rings (SSSR count). The molecule has 0 saturated heterocycles. The van der Waals surface area contributed by atoms with Crippen molar-refractivity contribution in [1.82, 2.24) is 19.7 Å². The van der Waals surface area contributed by atoms with Crippen LogP contribution in [0.5, 0.6) is 11.5 Å². The smallest absolute Gasteiger partial charge is 0.124 e. The summed E-state index contributed by atoms with van der Waals surface area (Å²) in [5.41, 5.74) is 5.47. The van der Waals surface area contributed by atoms with E-state index in [1.165, 1.54) is 0 Å². The lowest BCUT2D eigenvalue weighted by atomic mass is 10.1. The van der Waals surface area contributed by atoms with Gasteiger partial charge in [0, 0.05) is 54.4 Å². The van der Waals surface area contributed by atoms with Crippen LogP contribution in [0.15, 0.2) is 55.0 Å². The van der Waals surface area contributed by atoms with E-state index in [9.17, 15) is 0 Å². The molecule has 0 aliphatic rings. The minimum absolute atomic E-state index is 0.253. The SMILES string of the molecule is CCC(C)N(c1cc(OC)cc(OC)c1)c1ccc2ncc(-c3cnn(C)c3)nc2c1. The second kappa shape index (κ2) is 8.63. The summed E-state index contributed by atoms with van der Waals surface area (Å²) in [6, 6.07) is 12.4. The molecule has 1 unspecified atom stereocenters. The number of methoxy groups -OCH3 is 2. The molecule has 0 fully saturated rings. The maximum Gasteiger partial charge on any atom is 0.124 e. The van der Waals surface area contributed by atoms with Crippen LogP contribution in [0.4, 0.5) is 11.4 Å². The normalized spacial score (nSPS) is 12.0. The molecule has 0 amide bonds. The summed E-state index contributed by atoms with van der Waals surface area (Å²) in [5.74, 6) is 1.50. The summed E-state index contributed by atoms with van der Waals surface area (Å²) in [4.78, 5) is 11.7. The molecule has 2 aromatic carbocycles. The van der Waals surface area contributed by atoms with Crippen LogP contribution in [0.3, 0.4) is 0 Å². The van der Waals surface area contributed by atoms with E-state index in [4.69, 9.17) is 14.5 Å². The predicted octanol–water partition coefficient (Wildman–Crippen LogP) is 4.98. The fourth-order valence-electron chi connectivity index (χ4n) is 3.61. The molecule has 0 bridgehead atoms. The van der Waals surface area contributed by atoms with E-state index < -0.39 is 0 Å². The summed E-state index contributed by atoms with van der Waals surface area (Å²) in [6.07, 6.45) is 6.50. The summed E-state index contributed by atoms with van der Waals surface area (Å²) in [5, 5.41) is 4.24. The van der Waals surface area contributed by atoms with Crippen molar-refractivity contribution in [1.29, 1.82) is 0 Å². The third kappa shape index (κ3) is 4.17. The molecule has 0 aliphatic carbocycles. The highest BCUT2D eigenvalue weighted by Crippen LogP contribution is 2.36. The molecule has 1 atom stereocenters. The van der Waals surface area contributed by atoms with Crippen LogP contribution in [-0.4, -0.2) is 40.0 Å². The van der Waals surface area contributed by atoms with Crippen LogP contribution in [0.25, 0.3) is 22.3 Å². The van der Waals surface area contributed by atoms with Crippen LogP contribution >= 0.6 is 0 Å². The molecule has 31 heavy (non-hydrogen) atoms. The molecule has 0 saturated carbocycles. The Balaban J connectivity index is 1.82. The zero-order valence-corrected chi connectivity index (χ0v) is 18.5. The Kier molecular flexibility index (Phi) is 5.75. The lowest BCUT2D eigenvalue weighted by Crippen LogP contribution is -2.27. The van der Waals surface area contributed by atoms with Crippen LogP contribution in [0.2, 0.25) is 0 Å². The molecule has 160 valence electrons. The Morgan fingerprint density at radius 2 is 1.71 bits per heavy atom. The maximum atomic E-state index is 5.50. The predicted molar refractivity (Wildman–Crippen MR) is 123 cm³/mol. The van der Waals surface area contributed by atoms with Crippen LogP contribution < -0.4 is 14.4 Å². The molecule has 2 heterocycles. The van der Waals surface area contributed by atoms with Crippen molar-refractivity contribution >= 4 is 22.4 Å². The van der Waals surface area contributed by atoms with Gasteiger partial charge in [-0.3, -0.25) is 9.67 Å². The summed E-state index contributed by atoms with van der Waals surface area (Å²) in [6.45, 7) is 4.38. The molecule has 0 N–H and O–H groups in total. The van der Waals surface area contributed by atoms with E-state index in [1.807, 2.05) is 37.5 Å². The van der Waals surface area contributed by atoms with Gasteiger partial charge in [-0.25, -0.2) is 4.98 Å². The Labute approximate surface area is 182 Å². The maximum absolute atomic E-state index is 5.50. The average molecular weight is 418 g/mol. The minimum Gasteiger partial charge on any atom is -0.497 e. The van der Waals surface area contributed by atoms with E-state index in [1.54, 1.807) is 31.3 Å². The first-order chi connectivity index (χ1) is 15.0. The van der Waals surface area contributed by atoms with E-state index in [0.29, 0.717) is 0 Å². The van der Waals surface area contributed by atoms with E-state index in [-0.39, 0.29) is 6.04 Å². The van der Waals surface area contributed by atoms with Gasteiger partial charge in [-0.2, -0.15) is 5.10 Å². The molecule has 4 aromatic rings. The Bertz CT molecular complexity index is 1180. The minimum atomic E-state index is 0.253. The zero-order chi connectivity index (χ0) is 22.0. The number of fused-ring (bicyclic) bond motifs is 1. The highest BCUT2D eigenvalue weighted by molar-refractivity contribution is 5.83. The second-order valence-electron chi connectivity index (χ2n) is 7.53. The number of hydrogen-bond donors (Lipinski definition) is 0. The highest BCUT2D eigenvalue weighted by atomic mass is 16.5. The number of anilines is 2. The molecule has 0 radical (unpaired) electrons. The van der Waals surface area contributed by atoms with Gasteiger partial charge in [-0.05, 0) is 31.5 Å². The van der Waals surface area contributed by atoms with Gasteiger partial charge in [0.2, 0.25) is 0 Å². The highest BCUT2D eigenvalue weighted by Gasteiger charge is 2.18. The van der Waals surface area contributed by atoms with Crippen molar-refractivity contribution in [3.05, 3.63) is 55.0 Å². The zero-order valence-electron chi connectivity index (χ0n) is 18.5. The third-order valence-corrected chi connectivity index (χ3v) is 5.45. The average Bonchev–Trinajstić information content (AvgIpc) is 3.24. The number of rotatable bonds is 7. The molecular weight excluding hydrogens is 390 g/mol. The quantitative estimate of drug-likeness (QED) is 0.422. The number of nitrogens with zero attached hydrogens (tertiary/aromatic N) is 5. The van der Waals surface area contributed by atoms with Gasteiger partial charge in [0.15, 0.2) is 0 Å². The standard InChI is InChI=1S/C24H27N5O2/c1-6-16(2)29(19-9-20(30-4)12-21(10-19)31-5)18-7-8-22-23(11-18)27-24(14-25-22)17-13-26-28(3)15-17/h7-16H,6H2,1-5H3. The van der Waals surface area contributed by atoms with Crippen molar-refractivity contribution in [3.8, 4) is 22.8 Å². The van der Waals surface area contributed by atoms with E-state index >= 15 is 0 Å². The van der Waals surface area contributed by atoms with Gasteiger partial charge < -0.3 is 14.4 Å². The van der Waals surface area contributed by atoms with Gasteiger partial charge in [-0.15, -0.1) is 0 Å². The Morgan fingerprint density at radius 3 is 2.32 bits per heavy atom. The van der Waals surface area contributed by atoms with Crippen molar-refractivity contribution in [3.63, 3.8) is 0 Å². The van der Waals surface area contributed by atoms with E-state index in [0.717, 1.165) is 51.6 Å². The second-order valence-corrected chi connectivity index (χ2v) is 7.53. The van der Waals surface area contributed by atoms with Crippen LogP contribution in [0, 0.1) is 0 Å².